The molecule has 5 heteroatoms. The molecule has 0 unspecified atom stereocenters. The second-order valence-electron chi connectivity index (χ2n) is 0.354. The summed E-state index contributed by atoms with van der Waals surface area (Å²) in [5, 5.41) is 0. The van der Waals surface area contributed by atoms with Crippen molar-refractivity contribution in [1.29, 1.82) is 0 Å². The van der Waals surface area contributed by atoms with Crippen molar-refractivity contribution in [1.82, 2.24) is 0 Å². The number of rotatable bonds is 0. The molecular weight excluding hydrogens is 254 g/mol. The van der Waals surface area contributed by atoms with Gasteiger partial charge >= 0.3 is 29.0 Å². The monoisotopic (exact) mass is 256 g/mol. The van der Waals surface area contributed by atoms with Crippen LogP contribution in [0.2, 0.25) is 0 Å². The van der Waals surface area contributed by atoms with Crippen molar-refractivity contribution in [2.24, 2.45) is 0 Å². The van der Waals surface area contributed by atoms with Gasteiger partial charge in [-0.25, -0.2) is 0 Å². The average Bonchev–Trinajstić information content (AvgIpc) is 0.722. The van der Waals surface area contributed by atoms with E-state index < -0.39 is 14.8 Å². The van der Waals surface area contributed by atoms with Crippen LogP contribution in [0, 0.1) is 0 Å². The van der Waals surface area contributed by atoms with Gasteiger partial charge in [-0.3, -0.25) is 0 Å². The van der Waals surface area contributed by atoms with Crippen LogP contribution in [0.3, 0.4) is 0 Å². The van der Waals surface area contributed by atoms with Crippen molar-refractivity contribution in [2.45, 2.75) is 0 Å². The van der Waals surface area contributed by atoms with Crippen LogP contribution in [0.4, 0.5) is 0 Å². The Bertz CT molecular complexity index is 155. The van der Waals surface area contributed by atoms with E-state index in [1.807, 2.05) is 0 Å². The van der Waals surface area contributed by atoms with Crippen molar-refractivity contribution in [3.63, 3.8) is 0 Å². The first-order valence-corrected chi connectivity index (χ1v) is 4.73. The molecule has 0 aromatic rings. The first kappa shape index (κ1) is 4.84. The average molecular weight is 254 g/mol. The minimum atomic E-state index is -6.06. The van der Waals surface area contributed by atoms with Crippen LogP contribution in [0.1, 0.15) is 0 Å². The molecule has 0 amide bonds. The Balaban J connectivity index is 6.05. The Hall–Kier alpha value is -0.164. The van der Waals surface area contributed by atoms with Gasteiger partial charge in [0.1, 0.15) is 0 Å². The van der Waals surface area contributed by atoms with E-state index in [-0.39, 0.29) is 0 Å². The summed E-state index contributed by atoms with van der Waals surface area (Å²) >= 11 is -6.06. The molecule has 0 aromatic carbocycles. The van der Waals surface area contributed by atoms with Gasteiger partial charge in [-0.15, -0.1) is 0 Å². The van der Waals surface area contributed by atoms with Crippen molar-refractivity contribution in [2.75, 3.05) is 0 Å². The SMILES string of the molecule is [O]=[Os-5](=[O])(=[O])=[O]. The standard InChI is InChI=1S/4O.Os/q;;;;-5. The first-order chi connectivity index (χ1) is 2.00. The van der Waals surface area contributed by atoms with E-state index >= 15 is 0 Å². The van der Waals surface area contributed by atoms with Gasteiger partial charge in [0.2, 0.25) is 0 Å². The fourth-order valence-corrected chi connectivity index (χ4v) is 0. The Labute approximate surface area is 29.8 Å². The predicted molar refractivity (Wildman–Crippen MR) is 2.75 cm³/mol. The van der Waals surface area contributed by atoms with Crippen LogP contribution in [0.15, 0.2) is 0 Å². The summed E-state index contributed by atoms with van der Waals surface area (Å²) in [5.74, 6) is 0. The molecule has 0 rings (SSSR count). The third kappa shape index (κ3) is 483. The van der Waals surface area contributed by atoms with Crippen molar-refractivity contribution < 1.29 is 29.0 Å². The van der Waals surface area contributed by atoms with Crippen molar-refractivity contribution in [3.8, 4) is 0 Å². The van der Waals surface area contributed by atoms with Gasteiger partial charge in [0.15, 0.2) is 0 Å². The van der Waals surface area contributed by atoms with E-state index in [0.717, 1.165) is 0 Å². The Morgan fingerprint density at radius 2 is 0.800 bits per heavy atom. The van der Waals surface area contributed by atoms with Crippen LogP contribution in [-0.2, 0) is 29.0 Å². The fourth-order valence-electron chi connectivity index (χ4n) is 0. The Morgan fingerprint density at radius 3 is 0.800 bits per heavy atom. The summed E-state index contributed by atoms with van der Waals surface area (Å²) in [7, 11) is 0. The molecule has 0 aliphatic carbocycles. The van der Waals surface area contributed by atoms with E-state index in [2.05, 4.69) is 0 Å². The second-order valence-corrected chi connectivity index (χ2v) is 2.89. The molecule has 0 aliphatic rings. The van der Waals surface area contributed by atoms with Crippen LogP contribution in [-0.4, -0.2) is 0 Å². The molecule has 0 aromatic heterocycles. The van der Waals surface area contributed by atoms with Gasteiger partial charge in [0.25, 0.3) is 0 Å². The molecule has 37 valence electrons. The van der Waals surface area contributed by atoms with Crippen molar-refractivity contribution >= 4 is 0 Å². The molecule has 0 fully saturated rings. The molecule has 5 heavy (non-hydrogen) atoms. The summed E-state index contributed by atoms with van der Waals surface area (Å²) in [6.45, 7) is 0. The van der Waals surface area contributed by atoms with Crippen LogP contribution >= 0.6 is 0 Å². The van der Waals surface area contributed by atoms with Gasteiger partial charge in [-0.05, 0) is 0 Å². The summed E-state index contributed by atoms with van der Waals surface area (Å²) in [4.78, 5) is 0. The molecule has 0 heterocycles. The maximum atomic E-state index is 8.63. The van der Waals surface area contributed by atoms with E-state index in [1.165, 1.54) is 0 Å². The molecular formula is O4Os-5. The van der Waals surface area contributed by atoms with Crippen LogP contribution < -0.4 is 0 Å². The molecule has 0 atom stereocenters. The Kier molecular flexibility index (Phi) is 0.876. The molecule has 0 radical (unpaired) electrons. The first-order valence-electron chi connectivity index (χ1n) is 0.577. The molecule has 0 N–H and O–H groups in total. The van der Waals surface area contributed by atoms with Gasteiger partial charge in [-0.2, -0.15) is 0 Å². The van der Waals surface area contributed by atoms with Crippen LogP contribution in [0.5, 0.6) is 0 Å². The van der Waals surface area contributed by atoms with Crippen molar-refractivity contribution in [3.05, 3.63) is 0 Å². The number of hydrogen-bond donors (Lipinski definition) is 0. The zero-order valence-electron chi connectivity index (χ0n) is 1.99. The third-order valence-electron chi connectivity index (χ3n) is 0. The van der Waals surface area contributed by atoms with Gasteiger partial charge < -0.3 is 0 Å². The summed E-state index contributed by atoms with van der Waals surface area (Å²) in [6.07, 6.45) is 0. The zero-order chi connectivity index (χ0) is 4.50. The summed E-state index contributed by atoms with van der Waals surface area (Å²) in [6, 6.07) is 0. The van der Waals surface area contributed by atoms with E-state index in [4.69, 9.17) is 14.2 Å². The molecule has 0 saturated carbocycles. The quantitative estimate of drug-likeness (QED) is 0.585. The molecule has 0 spiro atoms. The molecule has 0 bridgehead atoms. The van der Waals surface area contributed by atoms with E-state index in [0.29, 0.717) is 0 Å². The van der Waals surface area contributed by atoms with E-state index in [9.17, 15) is 0 Å². The maximum absolute atomic E-state index is 8.63. The Morgan fingerprint density at radius 1 is 0.800 bits per heavy atom. The molecule has 0 saturated heterocycles. The zero-order valence-corrected chi connectivity index (χ0v) is 4.53. The molecule has 0 aliphatic heterocycles. The normalized spacial score (nSPS) is 14.4. The third-order valence-corrected chi connectivity index (χ3v) is 0. The van der Waals surface area contributed by atoms with Crippen LogP contribution in [0.25, 0.3) is 0 Å². The number of hydrogen-bond acceptors (Lipinski definition) is 4. The minimum absolute atomic E-state index is 6.06. The molecule has 4 nitrogen and oxygen atoms in total. The van der Waals surface area contributed by atoms with Gasteiger partial charge in [-0.1, -0.05) is 0 Å². The predicted octanol–water partition coefficient (Wildman–Crippen LogP) is -0.478. The van der Waals surface area contributed by atoms with E-state index in [1.54, 1.807) is 0 Å². The van der Waals surface area contributed by atoms with Gasteiger partial charge in [0.05, 0.1) is 0 Å². The second kappa shape index (κ2) is 0.906. The summed E-state index contributed by atoms with van der Waals surface area (Å²) in [5.41, 5.74) is 0. The summed E-state index contributed by atoms with van der Waals surface area (Å²) < 4.78 is 34.5. The van der Waals surface area contributed by atoms with Gasteiger partial charge in [0, 0.05) is 0 Å². The topological polar surface area (TPSA) is 68.3 Å². The fraction of sp³-hybridized carbons (Fsp3) is 0.